The monoisotopic (exact) mass is 366 g/mol. The zero-order chi connectivity index (χ0) is 17.9. The topological polar surface area (TPSA) is 51.2 Å². The third-order valence-electron chi connectivity index (χ3n) is 3.36. The first-order valence-corrected chi connectivity index (χ1v) is 8.19. The van der Waals surface area contributed by atoms with Crippen molar-refractivity contribution in [2.24, 2.45) is 0 Å². The van der Waals surface area contributed by atoms with Gasteiger partial charge in [0.1, 0.15) is 0 Å². The molecule has 0 radical (unpaired) electrons. The van der Waals surface area contributed by atoms with Crippen LogP contribution in [0.2, 0.25) is 0 Å². The molecule has 1 N–H and O–H groups in total. The van der Waals surface area contributed by atoms with Crippen LogP contribution in [0.1, 0.15) is 15.9 Å². The number of thiophene rings is 1. The second-order valence-electron chi connectivity index (χ2n) is 5.24. The molecule has 3 aromatic rings. The van der Waals surface area contributed by atoms with E-state index in [4.69, 9.17) is 0 Å². The van der Waals surface area contributed by atoms with E-state index in [1.54, 1.807) is 11.4 Å². The number of pyridine rings is 1. The van der Waals surface area contributed by atoms with Crippen molar-refractivity contribution in [2.45, 2.75) is 12.7 Å². The van der Waals surface area contributed by atoms with Crippen molar-refractivity contribution in [1.82, 2.24) is 10.3 Å². The molecule has 130 valence electrons. The minimum Gasteiger partial charge on any atom is -0.468 e. The fourth-order valence-corrected chi connectivity index (χ4v) is 3.13. The first-order valence-electron chi connectivity index (χ1n) is 7.31. The number of ether oxygens (including phenoxy) is 1. The number of rotatable bonds is 5. The van der Waals surface area contributed by atoms with E-state index in [0.29, 0.717) is 11.1 Å². The molecule has 3 rings (SSSR count). The van der Waals surface area contributed by atoms with Crippen LogP contribution in [-0.2, 0) is 6.54 Å². The Kier molecular flexibility index (Phi) is 4.89. The summed E-state index contributed by atoms with van der Waals surface area (Å²) in [4.78, 5) is 16.1. The van der Waals surface area contributed by atoms with Crippen molar-refractivity contribution in [3.05, 3.63) is 59.1 Å². The highest BCUT2D eigenvalue weighted by Gasteiger charge is 2.28. The molecule has 0 bridgehead atoms. The fraction of sp³-hybridized carbons (Fsp3) is 0.176. The number of halogens is 3. The molecule has 0 aliphatic rings. The molecular formula is C17H13F3N2O2S. The maximum atomic E-state index is 12.3. The van der Waals surface area contributed by atoms with Gasteiger partial charge in [0.2, 0.25) is 5.88 Å². The van der Waals surface area contributed by atoms with Crippen molar-refractivity contribution in [3.8, 4) is 5.88 Å². The highest BCUT2D eigenvalue weighted by molar-refractivity contribution is 7.17. The first-order chi connectivity index (χ1) is 11.9. The van der Waals surface area contributed by atoms with Crippen LogP contribution in [-0.4, -0.2) is 23.7 Å². The van der Waals surface area contributed by atoms with E-state index in [1.165, 1.54) is 23.6 Å². The maximum Gasteiger partial charge on any atom is 0.422 e. The zero-order valence-electron chi connectivity index (χ0n) is 12.8. The zero-order valence-corrected chi connectivity index (χ0v) is 13.7. The summed E-state index contributed by atoms with van der Waals surface area (Å²) in [6.07, 6.45) is -3.03. The van der Waals surface area contributed by atoms with E-state index >= 15 is 0 Å². The largest absolute Gasteiger partial charge is 0.468 e. The lowest BCUT2D eigenvalue weighted by atomic mass is 10.1. The lowest BCUT2D eigenvalue weighted by Crippen LogP contribution is -2.22. The fourth-order valence-electron chi connectivity index (χ4n) is 2.19. The number of carbonyl (C=O) groups is 1. The van der Waals surface area contributed by atoms with Gasteiger partial charge in [-0.1, -0.05) is 24.3 Å². The number of alkyl halides is 3. The smallest absolute Gasteiger partial charge is 0.422 e. The molecule has 0 aliphatic heterocycles. The number of carbonyl (C=O) groups excluding carboxylic acids is 1. The average Bonchev–Trinajstić information content (AvgIpc) is 3.02. The average molecular weight is 366 g/mol. The Morgan fingerprint density at radius 3 is 2.72 bits per heavy atom. The molecule has 0 atom stereocenters. The van der Waals surface area contributed by atoms with E-state index in [9.17, 15) is 18.0 Å². The van der Waals surface area contributed by atoms with E-state index < -0.39 is 12.8 Å². The summed E-state index contributed by atoms with van der Waals surface area (Å²) in [5, 5.41) is 5.46. The lowest BCUT2D eigenvalue weighted by molar-refractivity contribution is -0.154. The van der Waals surface area contributed by atoms with Gasteiger partial charge < -0.3 is 10.1 Å². The number of benzene rings is 1. The molecule has 8 heteroatoms. The first kappa shape index (κ1) is 17.2. The highest BCUT2D eigenvalue weighted by Crippen LogP contribution is 2.25. The van der Waals surface area contributed by atoms with Gasteiger partial charge >= 0.3 is 6.18 Å². The number of amides is 1. The quantitative estimate of drug-likeness (QED) is 0.737. The Hall–Kier alpha value is -2.61. The van der Waals surface area contributed by atoms with Crippen LogP contribution in [0.5, 0.6) is 5.88 Å². The van der Waals surface area contributed by atoms with Gasteiger partial charge in [-0.3, -0.25) is 4.79 Å². The van der Waals surface area contributed by atoms with Crippen LogP contribution in [0, 0.1) is 0 Å². The number of hydrogen-bond donors (Lipinski definition) is 1. The number of hydrogen-bond acceptors (Lipinski definition) is 4. The molecule has 2 aromatic heterocycles. The van der Waals surface area contributed by atoms with Gasteiger partial charge in [-0.2, -0.15) is 13.2 Å². The Bertz CT molecular complexity index is 875. The van der Waals surface area contributed by atoms with E-state index in [0.717, 1.165) is 10.1 Å². The summed E-state index contributed by atoms with van der Waals surface area (Å²) in [7, 11) is 0. The lowest BCUT2D eigenvalue weighted by Gasteiger charge is -2.09. The number of fused-ring (bicyclic) bond motifs is 1. The minimum atomic E-state index is -4.41. The molecule has 0 saturated carbocycles. The third-order valence-corrected chi connectivity index (χ3v) is 4.32. The van der Waals surface area contributed by atoms with Gasteiger partial charge in [0.25, 0.3) is 5.91 Å². The molecule has 25 heavy (non-hydrogen) atoms. The van der Waals surface area contributed by atoms with Crippen LogP contribution in [0.25, 0.3) is 10.1 Å². The van der Waals surface area contributed by atoms with Crippen molar-refractivity contribution < 1.29 is 22.7 Å². The van der Waals surface area contributed by atoms with Crippen LogP contribution in [0.15, 0.2) is 48.0 Å². The number of nitrogens with zero attached hydrogens (tertiary/aromatic N) is 1. The summed E-state index contributed by atoms with van der Waals surface area (Å²) in [5.74, 6) is -0.328. The summed E-state index contributed by atoms with van der Waals surface area (Å²) in [6, 6.07) is 10.5. The van der Waals surface area contributed by atoms with Gasteiger partial charge in [-0.15, -0.1) is 11.3 Å². The molecule has 4 nitrogen and oxygen atoms in total. The molecule has 1 amide bonds. The molecule has 0 saturated heterocycles. The van der Waals surface area contributed by atoms with Crippen molar-refractivity contribution in [3.63, 3.8) is 0 Å². The third kappa shape index (κ3) is 4.48. The molecule has 1 aromatic carbocycles. The van der Waals surface area contributed by atoms with Gasteiger partial charge in [0.05, 0.1) is 5.56 Å². The molecule has 0 spiro atoms. The Balaban J connectivity index is 1.59. The number of aromatic nitrogens is 1. The molecule has 2 heterocycles. The molecule has 0 fully saturated rings. The standard InChI is InChI=1S/C17H13F3N2O2S/c18-17(19,20)10-24-15-6-5-11(7-21-15)8-22-16(23)13-9-25-14-4-2-1-3-12(13)14/h1-7,9H,8,10H2,(H,22,23). The van der Waals surface area contributed by atoms with Gasteiger partial charge in [-0.05, 0) is 11.6 Å². The van der Waals surface area contributed by atoms with Gasteiger partial charge in [0, 0.05) is 34.3 Å². The summed E-state index contributed by atoms with van der Waals surface area (Å²) in [6.45, 7) is -1.17. The second kappa shape index (κ2) is 7.10. The molecule has 0 aliphatic carbocycles. The van der Waals surface area contributed by atoms with Crippen molar-refractivity contribution >= 4 is 27.3 Å². The number of nitrogens with one attached hydrogen (secondary N) is 1. The Morgan fingerprint density at radius 1 is 1.20 bits per heavy atom. The Morgan fingerprint density at radius 2 is 2.00 bits per heavy atom. The predicted molar refractivity (Wildman–Crippen MR) is 88.8 cm³/mol. The van der Waals surface area contributed by atoms with Gasteiger partial charge in [0.15, 0.2) is 6.61 Å². The van der Waals surface area contributed by atoms with Crippen molar-refractivity contribution in [2.75, 3.05) is 6.61 Å². The van der Waals surface area contributed by atoms with Gasteiger partial charge in [-0.25, -0.2) is 4.98 Å². The summed E-state index contributed by atoms with van der Waals surface area (Å²) >= 11 is 1.49. The van der Waals surface area contributed by atoms with Crippen LogP contribution < -0.4 is 10.1 Å². The van der Waals surface area contributed by atoms with E-state index in [1.807, 2.05) is 24.3 Å². The molecular weight excluding hydrogens is 353 g/mol. The summed E-state index contributed by atoms with van der Waals surface area (Å²) < 4.78 is 41.8. The molecule has 0 unspecified atom stereocenters. The Labute approximate surface area is 145 Å². The van der Waals surface area contributed by atoms with Crippen molar-refractivity contribution in [1.29, 1.82) is 0 Å². The van der Waals surface area contributed by atoms with Crippen LogP contribution in [0.4, 0.5) is 13.2 Å². The van der Waals surface area contributed by atoms with E-state index in [2.05, 4.69) is 15.0 Å². The summed E-state index contributed by atoms with van der Waals surface area (Å²) in [5.41, 5.74) is 1.26. The van der Waals surface area contributed by atoms with Crippen LogP contribution >= 0.6 is 11.3 Å². The van der Waals surface area contributed by atoms with Crippen LogP contribution in [0.3, 0.4) is 0 Å². The maximum absolute atomic E-state index is 12.3. The van der Waals surface area contributed by atoms with E-state index in [-0.39, 0.29) is 18.3 Å². The SMILES string of the molecule is O=C(NCc1ccc(OCC(F)(F)F)nc1)c1csc2ccccc12. The highest BCUT2D eigenvalue weighted by atomic mass is 32.1. The normalized spacial score (nSPS) is 11.5. The predicted octanol–water partition coefficient (Wildman–Crippen LogP) is 4.17. The second-order valence-corrected chi connectivity index (χ2v) is 6.15. The minimum absolute atomic E-state index is 0.115.